The Morgan fingerprint density at radius 3 is 2.61 bits per heavy atom. The first-order valence-electron chi connectivity index (χ1n) is 6.84. The van der Waals surface area contributed by atoms with Crippen LogP contribution in [0.15, 0.2) is 12.1 Å². The molecule has 1 aromatic rings. The number of hydrogen-bond acceptors (Lipinski definition) is 2. The predicted molar refractivity (Wildman–Crippen MR) is 78.5 cm³/mol. The van der Waals surface area contributed by atoms with E-state index >= 15 is 0 Å². The second-order valence-electron chi connectivity index (χ2n) is 5.89. The van der Waals surface area contributed by atoms with E-state index in [9.17, 15) is 0 Å². The van der Waals surface area contributed by atoms with Gasteiger partial charge < -0.3 is 4.90 Å². The Bertz CT molecular complexity index is 417. The summed E-state index contributed by atoms with van der Waals surface area (Å²) >= 11 is 6.00. The van der Waals surface area contributed by atoms with Gasteiger partial charge in [0.25, 0.3) is 0 Å². The quantitative estimate of drug-likeness (QED) is 0.763. The molecule has 0 bridgehead atoms. The normalized spacial score (nSPS) is 24.0. The highest BCUT2D eigenvalue weighted by Gasteiger charge is 2.27. The Morgan fingerprint density at radius 1 is 1.39 bits per heavy atom. The summed E-state index contributed by atoms with van der Waals surface area (Å²) < 4.78 is 0. The third kappa shape index (κ3) is 2.80. The molecule has 1 aromatic heterocycles. The van der Waals surface area contributed by atoms with Crippen LogP contribution in [0.2, 0.25) is 0 Å². The van der Waals surface area contributed by atoms with Crippen molar-refractivity contribution in [2.75, 3.05) is 11.4 Å². The summed E-state index contributed by atoms with van der Waals surface area (Å²) in [6.45, 7) is 10.1. The van der Waals surface area contributed by atoms with Crippen LogP contribution >= 0.6 is 11.6 Å². The summed E-state index contributed by atoms with van der Waals surface area (Å²) in [4.78, 5) is 7.24. The van der Waals surface area contributed by atoms with E-state index in [2.05, 4.69) is 44.7 Å². The van der Waals surface area contributed by atoms with E-state index in [0.29, 0.717) is 17.8 Å². The van der Waals surface area contributed by atoms with Crippen molar-refractivity contribution >= 4 is 17.4 Å². The SMILES string of the molecule is CC1CC(C)N(c2cc(CCl)cc(C(C)C)n2)C1. The number of hydrogen-bond donors (Lipinski definition) is 0. The summed E-state index contributed by atoms with van der Waals surface area (Å²) in [5.41, 5.74) is 2.33. The third-order valence-corrected chi connectivity index (χ3v) is 4.02. The predicted octanol–water partition coefficient (Wildman–Crippen LogP) is 4.18. The molecule has 1 aliphatic heterocycles. The van der Waals surface area contributed by atoms with E-state index in [4.69, 9.17) is 16.6 Å². The zero-order valence-corrected chi connectivity index (χ0v) is 12.5. The van der Waals surface area contributed by atoms with Crippen molar-refractivity contribution < 1.29 is 0 Å². The van der Waals surface area contributed by atoms with Crippen molar-refractivity contribution in [3.8, 4) is 0 Å². The first-order chi connectivity index (χ1) is 8.51. The maximum atomic E-state index is 6.00. The zero-order valence-electron chi connectivity index (χ0n) is 11.8. The fourth-order valence-electron chi connectivity index (χ4n) is 2.73. The summed E-state index contributed by atoms with van der Waals surface area (Å²) in [7, 11) is 0. The standard InChI is InChI=1S/C15H23ClN2/c1-10(2)14-6-13(8-16)7-15(17-14)18-9-11(3)5-12(18)4/h6-7,10-12H,5,8-9H2,1-4H3. The minimum absolute atomic E-state index is 0.447. The van der Waals surface area contributed by atoms with E-state index in [1.54, 1.807) is 0 Å². The fraction of sp³-hybridized carbons (Fsp3) is 0.667. The number of nitrogens with zero attached hydrogens (tertiary/aromatic N) is 2. The molecule has 0 aliphatic carbocycles. The molecule has 1 fully saturated rings. The third-order valence-electron chi connectivity index (χ3n) is 3.72. The van der Waals surface area contributed by atoms with Crippen LogP contribution in [0.25, 0.3) is 0 Å². The smallest absolute Gasteiger partial charge is 0.129 e. The molecule has 2 rings (SSSR count). The molecule has 0 aromatic carbocycles. The van der Waals surface area contributed by atoms with Crippen molar-refractivity contribution in [2.24, 2.45) is 5.92 Å². The van der Waals surface area contributed by atoms with Gasteiger partial charge in [0.15, 0.2) is 0 Å². The lowest BCUT2D eigenvalue weighted by Gasteiger charge is -2.24. The monoisotopic (exact) mass is 266 g/mol. The van der Waals surface area contributed by atoms with Crippen LogP contribution in [0.3, 0.4) is 0 Å². The lowest BCUT2D eigenvalue weighted by molar-refractivity contribution is 0.625. The lowest BCUT2D eigenvalue weighted by Crippen LogP contribution is -2.28. The van der Waals surface area contributed by atoms with Crippen molar-refractivity contribution in [2.45, 2.75) is 52.0 Å². The summed E-state index contributed by atoms with van der Waals surface area (Å²) in [6.07, 6.45) is 1.25. The maximum Gasteiger partial charge on any atom is 0.129 e. The minimum atomic E-state index is 0.447. The topological polar surface area (TPSA) is 16.1 Å². The van der Waals surface area contributed by atoms with Gasteiger partial charge in [-0.1, -0.05) is 20.8 Å². The summed E-state index contributed by atoms with van der Waals surface area (Å²) in [5.74, 6) is 2.87. The Hall–Kier alpha value is -0.760. The average Bonchev–Trinajstić information content (AvgIpc) is 2.67. The van der Waals surface area contributed by atoms with Gasteiger partial charge in [-0.2, -0.15) is 0 Å². The van der Waals surface area contributed by atoms with Crippen molar-refractivity contribution in [3.63, 3.8) is 0 Å². The number of anilines is 1. The molecular formula is C15H23ClN2. The fourth-order valence-corrected chi connectivity index (χ4v) is 2.89. The molecule has 1 aliphatic rings. The highest BCUT2D eigenvalue weighted by atomic mass is 35.5. The van der Waals surface area contributed by atoms with Crippen LogP contribution in [0.1, 0.15) is 51.3 Å². The Balaban J connectivity index is 2.34. The molecule has 0 amide bonds. The molecule has 0 spiro atoms. The number of halogens is 1. The molecular weight excluding hydrogens is 244 g/mol. The van der Waals surface area contributed by atoms with E-state index in [0.717, 1.165) is 24.0 Å². The van der Waals surface area contributed by atoms with Gasteiger partial charge in [0.05, 0.1) is 0 Å². The molecule has 0 saturated carbocycles. The zero-order chi connectivity index (χ0) is 13.3. The lowest BCUT2D eigenvalue weighted by atomic mass is 10.1. The number of aromatic nitrogens is 1. The van der Waals surface area contributed by atoms with Crippen LogP contribution in [-0.2, 0) is 5.88 Å². The van der Waals surface area contributed by atoms with Gasteiger partial charge in [-0.15, -0.1) is 11.6 Å². The summed E-state index contributed by atoms with van der Waals surface area (Å²) in [5, 5.41) is 0. The molecule has 3 heteroatoms. The van der Waals surface area contributed by atoms with Crippen molar-refractivity contribution in [1.82, 2.24) is 4.98 Å². The van der Waals surface area contributed by atoms with Crippen LogP contribution in [0.4, 0.5) is 5.82 Å². The van der Waals surface area contributed by atoms with Gasteiger partial charge in [0.1, 0.15) is 5.82 Å². The first-order valence-corrected chi connectivity index (χ1v) is 7.38. The Morgan fingerprint density at radius 2 is 2.11 bits per heavy atom. The van der Waals surface area contributed by atoms with Crippen LogP contribution < -0.4 is 4.90 Å². The van der Waals surface area contributed by atoms with Crippen LogP contribution in [0.5, 0.6) is 0 Å². The molecule has 2 unspecified atom stereocenters. The van der Waals surface area contributed by atoms with Gasteiger partial charge in [0.2, 0.25) is 0 Å². The molecule has 0 N–H and O–H groups in total. The average molecular weight is 267 g/mol. The second kappa shape index (κ2) is 5.48. The molecule has 2 nitrogen and oxygen atoms in total. The van der Waals surface area contributed by atoms with Gasteiger partial charge in [-0.25, -0.2) is 4.98 Å². The Labute approximate surface area is 115 Å². The highest BCUT2D eigenvalue weighted by molar-refractivity contribution is 6.17. The molecule has 2 atom stereocenters. The van der Waals surface area contributed by atoms with Crippen molar-refractivity contribution in [1.29, 1.82) is 0 Å². The van der Waals surface area contributed by atoms with Gasteiger partial charge in [-0.05, 0) is 42.9 Å². The number of alkyl halides is 1. The minimum Gasteiger partial charge on any atom is -0.354 e. The second-order valence-corrected chi connectivity index (χ2v) is 6.16. The highest BCUT2D eigenvalue weighted by Crippen LogP contribution is 2.29. The van der Waals surface area contributed by atoms with Gasteiger partial charge in [-0.3, -0.25) is 0 Å². The van der Waals surface area contributed by atoms with Crippen molar-refractivity contribution in [3.05, 3.63) is 23.4 Å². The van der Waals surface area contributed by atoms with E-state index < -0.39 is 0 Å². The first kappa shape index (κ1) is 13.7. The van der Waals surface area contributed by atoms with Gasteiger partial charge in [0, 0.05) is 24.2 Å². The molecule has 100 valence electrons. The Kier molecular flexibility index (Phi) is 4.16. The van der Waals surface area contributed by atoms with Gasteiger partial charge >= 0.3 is 0 Å². The van der Waals surface area contributed by atoms with Crippen LogP contribution in [-0.4, -0.2) is 17.6 Å². The summed E-state index contributed by atoms with van der Waals surface area (Å²) in [6, 6.07) is 4.86. The molecule has 18 heavy (non-hydrogen) atoms. The number of rotatable bonds is 3. The largest absolute Gasteiger partial charge is 0.354 e. The molecule has 0 radical (unpaired) electrons. The van der Waals surface area contributed by atoms with Crippen LogP contribution in [0, 0.1) is 5.92 Å². The maximum absolute atomic E-state index is 6.00. The number of pyridine rings is 1. The molecule has 2 heterocycles. The van der Waals surface area contributed by atoms with E-state index in [1.807, 2.05) is 0 Å². The van der Waals surface area contributed by atoms with E-state index in [-0.39, 0.29) is 0 Å². The van der Waals surface area contributed by atoms with E-state index in [1.165, 1.54) is 12.0 Å². The molecule has 1 saturated heterocycles.